The molecule has 0 amide bonds. The predicted octanol–water partition coefficient (Wildman–Crippen LogP) is 2.23. The number of ether oxygens (including phenoxy) is 1. The molecule has 2 heterocycles. The van der Waals surface area contributed by atoms with E-state index in [4.69, 9.17) is 4.74 Å². The van der Waals surface area contributed by atoms with Gasteiger partial charge in [-0.05, 0) is 0 Å². The van der Waals surface area contributed by atoms with Crippen molar-refractivity contribution in [2.24, 2.45) is 0 Å². The molecule has 0 aliphatic carbocycles. The van der Waals surface area contributed by atoms with Crippen LogP contribution in [0.2, 0.25) is 0 Å². The van der Waals surface area contributed by atoms with Crippen molar-refractivity contribution >= 4 is 19.2 Å². The Morgan fingerprint density at radius 1 is 1.44 bits per heavy atom. The zero-order chi connectivity index (χ0) is 11.4. The molecular formula is C12H20N2OSe. The molecule has 1 aliphatic rings. The van der Waals surface area contributed by atoms with Gasteiger partial charge in [-0.2, -0.15) is 0 Å². The van der Waals surface area contributed by atoms with E-state index in [9.17, 15) is 0 Å². The normalized spacial score (nSPS) is 18.8. The van der Waals surface area contributed by atoms with Gasteiger partial charge < -0.3 is 0 Å². The SMILES string of the molecule is CCOC(C)c1cnc(N2CCCCC2)[se]1. The molecule has 1 unspecified atom stereocenters. The van der Waals surface area contributed by atoms with Crippen molar-refractivity contribution in [3.05, 3.63) is 10.6 Å². The summed E-state index contributed by atoms with van der Waals surface area (Å²) >= 11 is 0.395. The molecule has 16 heavy (non-hydrogen) atoms. The Bertz CT molecular complexity index is 321. The van der Waals surface area contributed by atoms with E-state index in [-0.39, 0.29) is 6.10 Å². The molecule has 1 fully saturated rings. The van der Waals surface area contributed by atoms with Gasteiger partial charge in [-0.25, -0.2) is 0 Å². The summed E-state index contributed by atoms with van der Waals surface area (Å²) in [6.07, 6.45) is 6.31. The standard InChI is InChI=1S/C12H20N2OSe/c1-3-15-10(2)11-9-13-12(16-11)14-7-5-4-6-8-14/h9-10H,3-8H2,1-2H3. The van der Waals surface area contributed by atoms with E-state index < -0.39 is 0 Å². The molecule has 0 N–H and O–H groups in total. The Balaban J connectivity index is 2.00. The maximum absolute atomic E-state index is 5.62. The van der Waals surface area contributed by atoms with Gasteiger partial charge in [0, 0.05) is 0 Å². The minimum atomic E-state index is 0.246. The quantitative estimate of drug-likeness (QED) is 0.794. The monoisotopic (exact) mass is 288 g/mol. The zero-order valence-corrected chi connectivity index (χ0v) is 11.8. The molecule has 0 bridgehead atoms. The van der Waals surface area contributed by atoms with E-state index >= 15 is 0 Å². The fourth-order valence-electron chi connectivity index (χ4n) is 2.03. The summed E-state index contributed by atoms with van der Waals surface area (Å²) in [4.78, 5) is 7.04. The van der Waals surface area contributed by atoms with Crippen molar-refractivity contribution in [1.82, 2.24) is 4.98 Å². The van der Waals surface area contributed by atoms with Crippen LogP contribution in [-0.4, -0.2) is 39.2 Å². The molecule has 1 atom stereocenters. The zero-order valence-electron chi connectivity index (χ0n) is 10.1. The number of hydrogen-bond acceptors (Lipinski definition) is 3. The van der Waals surface area contributed by atoms with Crippen LogP contribution in [-0.2, 0) is 4.74 Å². The first-order valence-electron chi connectivity index (χ1n) is 6.13. The van der Waals surface area contributed by atoms with Gasteiger partial charge in [-0.15, -0.1) is 0 Å². The summed E-state index contributed by atoms with van der Waals surface area (Å²) in [5, 5.41) is 0. The molecule has 0 aromatic carbocycles. The molecule has 1 aliphatic heterocycles. The predicted molar refractivity (Wildman–Crippen MR) is 67.3 cm³/mol. The molecule has 0 radical (unpaired) electrons. The third-order valence-corrected chi connectivity index (χ3v) is 5.51. The Labute approximate surface area is 104 Å². The number of hydrogen-bond donors (Lipinski definition) is 0. The van der Waals surface area contributed by atoms with Gasteiger partial charge in [-0.1, -0.05) is 0 Å². The summed E-state index contributed by atoms with van der Waals surface area (Å²) in [7, 11) is 0. The van der Waals surface area contributed by atoms with E-state index in [1.165, 1.54) is 41.5 Å². The van der Waals surface area contributed by atoms with Crippen LogP contribution >= 0.6 is 0 Å². The van der Waals surface area contributed by atoms with Crippen LogP contribution in [0, 0.1) is 0 Å². The Hall–Kier alpha value is -0.311. The van der Waals surface area contributed by atoms with Gasteiger partial charge in [0.15, 0.2) is 0 Å². The average Bonchev–Trinajstić information content (AvgIpc) is 2.80. The van der Waals surface area contributed by atoms with Crippen LogP contribution in [0.3, 0.4) is 0 Å². The van der Waals surface area contributed by atoms with Gasteiger partial charge in [-0.3, -0.25) is 0 Å². The fourth-order valence-corrected chi connectivity index (χ4v) is 4.06. The van der Waals surface area contributed by atoms with Gasteiger partial charge in [0.05, 0.1) is 0 Å². The summed E-state index contributed by atoms with van der Waals surface area (Å²) in [6.45, 7) is 7.36. The first-order chi connectivity index (χ1) is 7.81. The van der Waals surface area contributed by atoms with E-state index in [1.54, 1.807) is 0 Å². The maximum atomic E-state index is 5.62. The van der Waals surface area contributed by atoms with Crippen LogP contribution in [0.25, 0.3) is 0 Å². The molecule has 0 saturated carbocycles. The first kappa shape index (κ1) is 12.2. The van der Waals surface area contributed by atoms with Crippen LogP contribution in [0.4, 0.5) is 4.69 Å². The van der Waals surface area contributed by atoms with Crippen LogP contribution in [0.1, 0.15) is 43.7 Å². The summed E-state index contributed by atoms with van der Waals surface area (Å²) in [5.41, 5.74) is 0. The second-order valence-electron chi connectivity index (χ2n) is 4.19. The second-order valence-corrected chi connectivity index (χ2v) is 6.37. The minimum absolute atomic E-state index is 0.246. The van der Waals surface area contributed by atoms with Crippen LogP contribution < -0.4 is 4.90 Å². The van der Waals surface area contributed by atoms with Gasteiger partial charge >= 0.3 is 103 Å². The van der Waals surface area contributed by atoms with E-state index in [0.29, 0.717) is 14.5 Å². The van der Waals surface area contributed by atoms with E-state index in [2.05, 4.69) is 16.8 Å². The number of aromatic nitrogens is 1. The van der Waals surface area contributed by atoms with E-state index in [1.807, 2.05) is 13.1 Å². The summed E-state index contributed by atoms with van der Waals surface area (Å²) < 4.78 is 8.31. The van der Waals surface area contributed by atoms with Crippen LogP contribution in [0.15, 0.2) is 6.20 Å². The Morgan fingerprint density at radius 3 is 2.88 bits per heavy atom. The molecular weight excluding hydrogens is 267 g/mol. The van der Waals surface area contributed by atoms with Crippen molar-refractivity contribution in [1.29, 1.82) is 0 Å². The number of nitrogens with zero attached hydrogens (tertiary/aromatic N) is 2. The molecule has 1 aromatic rings. The number of anilines is 1. The van der Waals surface area contributed by atoms with Crippen molar-refractivity contribution in [3.63, 3.8) is 0 Å². The molecule has 4 heteroatoms. The summed E-state index contributed by atoms with van der Waals surface area (Å²) in [6, 6.07) is 0. The average molecular weight is 287 g/mol. The van der Waals surface area contributed by atoms with Crippen molar-refractivity contribution in [3.8, 4) is 0 Å². The molecule has 2 rings (SSSR count). The molecule has 0 spiro atoms. The van der Waals surface area contributed by atoms with Crippen LogP contribution in [0.5, 0.6) is 0 Å². The van der Waals surface area contributed by atoms with Crippen molar-refractivity contribution < 1.29 is 4.74 Å². The molecule has 90 valence electrons. The fraction of sp³-hybridized carbons (Fsp3) is 0.750. The van der Waals surface area contributed by atoms with Crippen molar-refractivity contribution in [2.75, 3.05) is 24.6 Å². The third-order valence-electron chi connectivity index (χ3n) is 2.96. The Morgan fingerprint density at radius 2 is 2.19 bits per heavy atom. The van der Waals surface area contributed by atoms with E-state index in [0.717, 1.165) is 6.61 Å². The van der Waals surface area contributed by atoms with Crippen molar-refractivity contribution in [2.45, 2.75) is 39.2 Å². The number of rotatable bonds is 4. The molecule has 1 aromatic heterocycles. The van der Waals surface area contributed by atoms with Gasteiger partial charge in [0.2, 0.25) is 0 Å². The number of piperidine rings is 1. The topological polar surface area (TPSA) is 25.4 Å². The molecule has 1 saturated heterocycles. The second kappa shape index (κ2) is 5.85. The molecule has 3 nitrogen and oxygen atoms in total. The van der Waals surface area contributed by atoms with Gasteiger partial charge in [0.1, 0.15) is 0 Å². The summed E-state index contributed by atoms with van der Waals surface area (Å²) in [5.74, 6) is 0. The Kier molecular flexibility index (Phi) is 4.45. The first-order valence-corrected chi connectivity index (χ1v) is 7.85. The van der Waals surface area contributed by atoms with Gasteiger partial charge in [0.25, 0.3) is 0 Å². The third kappa shape index (κ3) is 2.88.